The van der Waals surface area contributed by atoms with Crippen LogP contribution in [0.1, 0.15) is 11.1 Å². The van der Waals surface area contributed by atoms with Crippen LogP contribution in [0, 0.1) is 13.8 Å². The van der Waals surface area contributed by atoms with Gasteiger partial charge in [-0.2, -0.15) is 0 Å². The highest BCUT2D eigenvalue weighted by molar-refractivity contribution is 7.21. The van der Waals surface area contributed by atoms with Crippen molar-refractivity contribution < 1.29 is 0 Å². The number of hydrogen-bond donors (Lipinski definition) is 1. The van der Waals surface area contributed by atoms with Crippen LogP contribution in [-0.2, 0) is 0 Å². The van der Waals surface area contributed by atoms with E-state index in [1.165, 1.54) is 26.8 Å². The molecule has 4 rings (SSSR count). The van der Waals surface area contributed by atoms with Crippen LogP contribution in [0.4, 0.5) is 0 Å². The average Bonchev–Trinajstić information content (AvgIpc) is 3.01. The number of rotatable bonds is 1. The van der Waals surface area contributed by atoms with Gasteiger partial charge >= 0.3 is 0 Å². The van der Waals surface area contributed by atoms with Gasteiger partial charge in [-0.15, -0.1) is 11.3 Å². The molecular formula is C17H14N2S. The van der Waals surface area contributed by atoms with Crippen molar-refractivity contribution in [3.8, 4) is 10.6 Å². The quantitative estimate of drug-likeness (QED) is 0.518. The summed E-state index contributed by atoms with van der Waals surface area (Å²) < 4.78 is 1.27. The molecule has 0 atom stereocenters. The SMILES string of the molecule is Cc1cc(C)c2nc(-c3c[nH]c4ccccc34)sc2c1. The molecule has 0 aliphatic carbocycles. The Morgan fingerprint density at radius 1 is 1.10 bits per heavy atom. The number of para-hydroxylation sites is 1. The molecule has 0 amide bonds. The van der Waals surface area contributed by atoms with Crippen molar-refractivity contribution in [2.45, 2.75) is 13.8 Å². The molecule has 2 heterocycles. The van der Waals surface area contributed by atoms with Crippen molar-refractivity contribution in [3.05, 3.63) is 53.7 Å². The highest BCUT2D eigenvalue weighted by Gasteiger charge is 2.12. The van der Waals surface area contributed by atoms with E-state index in [-0.39, 0.29) is 0 Å². The second-order valence-electron chi connectivity index (χ2n) is 5.20. The molecule has 3 heteroatoms. The van der Waals surface area contributed by atoms with Gasteiger partial charge in [0.25, 0.3) is 0 Å². The Balaban J connectivity index is 2.01. The van der Waals surface area contributed by atoms with Crippen molar-refractivity contribution in [1.29, 1.82) is 0 Å². The van der Waals surface area contributed by atoms with Crippen LogP contribution in [0.5, 0.6) is 0 Å². The number of H-pyrrole nitrogens is 1. The topological polar surface area (TPSA) is 28.7 Å². The molecule has 0 bridgehead atoms. The third-order valence-electron chi connectivity index (χ3n) is 3.65. The lowest BCUT2D eigenvalue weighted by Crippen LogP contribution is -1.79. The molecule has 2 nitrogen and oxygen atoms in total. The zero-order chi connectivity index (χ0) is 13.7. The number of thiazole rings is 1. The molecule has 0 radical (unpaired) electrons. The number of aromatic nitrogens is 2. The van der Waals surface area contributed by atoms with Crippen LogP contribution in [0.15, 0.2) is 42.6 Å². The molecule has 0 unspecified atom stereocenters. The highest BCUT2D eigenvalue weighted by atomic mass is 32.1. The maximum atomic E-state index is 4.84. The molecule has 0 fully saturated rings. The summed E-state index contributed by atoms with van der Waals surface area (Å²) in [6.45, 7) is 4.27. The number of fused-ring (bicyclic) bond motifs is 2. The molecule has 0 aliphatic rings. The van der Waals surface area contributed by atoms with Gasteiger partial charge in [-0.1, -0.05) is 24.3 Å². The predicted octanol–water partition coefficient (Wildman–Crippen LogP) is 5.06. The van der Waals surface area contributed by atoms with Gasteiger partial charge < -0.3 is 4.98 Å². The fourth-order valence-corrected chi connectivity index (χ4v) is 3.91. The normalized spacial score (nSPS) is 11.5. The first-order valence-electron chi connectivity index (χ1n) is 6.66. The molecular weight excluding hydrogens is 264 g/mol. The minimum atomic E-state index is 1.09. The van der Waals surface area contributed by atoms with Crippen molar-refractivity contribution >= 4 is 32.5 Å². The fourth-order valence-electron chi connectivity index (χ4n) is 2.73. The summed E-state index contributed by atoms with van der Waals surface area (Å²) in [6.07, 6.45) is 2.06. The molecule has 0 saturated heterocycles. The Kier molecular flexibility index (Phi) is 2.44. The Bertz CT molecular complexity index is 931. The Morgan fingerprint density at radius 2 is 1.95 bits per heavy atom. The van der Waals surface area contributed by atoms with Gasteiger partial charge in [-0.05, 0) is 37.1 Å². The monoisotopic (exact) mass is 278 g/mol. The van der Waals surface area contributed by atoms with Crippen LogP contribution < -0.4 is 0 Å². The molecule has 98 valence electrons. The number of hydrogen-bond acceptors (Lipinski definition) is 2. The van der Waals surface area contributed by atoms with E-state index in [2.05, 4.69) is 61.4 Å². The first-order chi connectivity index (χ1) is 9.72. The Hall–Kier alpha value is -2.13. The van der Waals surface area contributed by atoms with E-state index in [1.807, 2.05) is 0 Å². The van der Waals surface area contributed by atoms with Gasteiger partial charge in [-0.25, -0.2) is 4.98 Å². The molecule has 0 spiro atoms. The molecule has 2 aromatic heterocycles. The minimum Gasteiger partial charge on any atom is -0.360 e. The summed E-state index contributed by atoms with van der Waals surface area (Å²) >= 11 is 1.77. The molecule has 20 heavy (non-hydrogen) atoms. The third-order valence-corrected chi connectivity index (χ3v) is 4.69. The summed E-state index contributed by atoms with van der Waals surface area (Å²) in [7, 11) is 0. The van der Waals surface area contributed by atoms with Gasteiger partial charge in [-0.3, -0.25) is 0 Å². The molecule has 1 N–H and O–H groups in total. The summed E-state index contributed by atoms with van der Waals surface area (Å²) in [5.41, 5.74) is 6.03. The van der Waals surface area contributed by atoms with Crippen molar-refractivity contribution in [1.82, 2.24) is 9.97 Å². The maximum absolute atomic E-state index is 4.84. The van der Waals surface area contributed by atoms with Gasteiger partial charge in [0.15, 0.2) is 0 Å². The second-order valence-corrected chi connectivity index (χ2v) is 6.23. The zero-order valence-electron chi connectivity index (χ0n) is 11.4. The Labute approximate surface area is 121 Å². The maximum Gasteiger partial charge on any atom is 0.126 e. The summed E-state index contributed by atoms with van der Waals surface area (Å²) in [5, 5.41) is 2.33. The lowest BCUT2D eigenvalue weighted by atomic mass is 10.1. The average molecular weight is 278 g/mol. The van der Waals surface area contributed by atoms with Crippen LogP contribution in [0.3, 0.4) is 0 Å². The molecule has 2 aromatic carbocycles. The van der Waals surface area contributed by atoms with Crippen molar-refractivity contribution in [2.75, 3.05) is 0 Å². The number of nitrogens with one attached hydrogen (secondary N) is 1. The van der Waals surface area contributed by atoms with Crippen molar-refractivity contribution in [2.24, 2.45) is 0 Å². The van der Waals surface area contributed by atoms with Gasteiger partial charge in [0, 0.05) is 22.7 Å². The highest BCUT2D eigenvalue weighted by Crippen LogP contribution is 2.35. The van der Waals surface area contributed by atoms with E-state index >= 15 is 0 Å². The van der Waals surface area contributed by atoms with Gasteiger partial charge in [0.2, 0.25) is 0 Å². The fraction of sp³-hybridized carbons (Fsp3) is 0.118. The zero-order valence-corrected chi connectivity index (χ0v) is 12.2. The van der Waals surface area contributed by atoms with Crippen LogP contribution in [-0.4, -0.2) is 9.97 Å². The predicted molar refractivity (Wildman–Crippen MR) is 86.4 cm³/mol. The van der Waals surface area contributed by atoms with E-state index in [9.17, 15) is 0 Å². The van der Waals surface area contributed by atoms with E-state index < -0.39 is 0 Å². The van der Waals surface area contributed by atoms with Crippen LogP contribution in [0.2, 0.25) is 0 Å². The lowest BCUT2D eigenvalue weighted by molar-refractivity contribution is 1.38. The van der Waals surface area contributed by atoms with Crippen molar-refractivity contribution in [3.63, 3.8) is 0 Å². The summed E-state index contributed by atoms with van der Waals surface area (Å²) in [5.74, 6) is 0. The van der Waals surface area contributed by atoms with Crippen LogP contribution >= 0.6 is 11.3 Å². The first-order valence-corrected chi connectivity index (χ1v) is 7.48. The molecule has 0 aliphatic heterocycles. The standard InChI is InChI=1S/C17H14N2S/c1-10-7-11(2)16-15(8-10)20-17(19-16)13-9-18-14-6-4-3-5-12(13)14/h3-9,18H,1-2H3. The van der Waals surface area contributed by atoms with Gasteiger partial charge in [0.05, 0.1) is 10.2 Å². The Morgan fingerprint density at radius 3 is 2.85 bits per heavy atom. The number of benzene rings is 2. The second kappa shape index (κ2) is 4.18. The molecule has 4 aromatic rings. The van der Waals surface area contributed by atoms with E-state index in [1.54, 1.807) is 11.3 Å². The van der Waals surface area contributed by atoms with Crippen LogP contribution in [0.25, 0.3) is 31.7 Å². The number of aromatic amines is 1. The number of nitrogens with zero attached hydrogens (tertiary/aromatic N) is 1. The van der Waals surface area contributed by atoms with E-state index in [4.69, 9.17) is 4.98 Å². The van der Waals surface area contributed by atoms with Gasteiger partial charge in [0.1, 0.15) is 5.01 Å². The number of aryl methyl sites for hydroxylation is 2. The first kappa shape index (κ1) is 11.7. The van der Waals surface area contributed by atoms with E-state index in [0.717, 1.165) is 16.0 Å². The van der Waals surface area contributed by atoms with E-state index in [0.29, 0.717) is 0 Å². The smallest absolute Gasteiger partial charge is 0.126 e. The lowest BCUT2D eigenvalue weighted by Gasteiger charge is -1.96. The minimum absolute atomic E-state index is 1.09. The third kappa shape index (κ3) is 1.67. The largest absolute Gasteiger partial charge is 0.360 e. The summed E-state index contributed by atoms with van der Waals surface area (Å²) in [6, 6.07) is 12.8. The summed E-state index contributed by atoms with van der Waals surface area (Å²) in [4.78, 5) is 8.17. The molecule has 0 saturated carbocycles.